The number of aliphatic hydroxyl groups is 1. The van der Waals surface area contributed by atoms with Crippen molar-refractivity contribution in [2.75, 3.05) is 0 Å². The standard InChI is InChI=1S/C54H47NO3/c1-3-53-19-15-32(16-20-53)38-26-40-42-23-35(31-11-9-30(10-12-31)34-13-14-37-36-7-5-6-8-48(36)58-49(37)25-34)24-43-41-27-39-33-17-21-54(4-2,22-18-33)52(57)45(39)29-47(41)55(50(42)43)46(40)28-44(38)51(53)56/h5-14,23-29,32-33,51,56H,3-4,15-22H2,1-2H3. The van der Waals surface area contributed by atoms with Crippen LogP contribution in [0.5, 0.6) is 0 Å². The Balaban J connectivity index is 1.04. The van der Waals surface area contributed by atoms with Crippen LogP contribution in [-0.2, 0) is 0 Å². The molecule has 6 aromatic carbocycles. The van der Waals surface area contributed by atoms with Crippen LogP contribution in [-0.4, -0.2) is 15.3 Å². The van der Waals surface area contributed by atoms with Crippen LogP contribution in [0.3, 0.4) is 0 Å². The number of rotatable bonds is 4. The maximum atomic E-state index is 14.6. The largest absolute Gasteiger partial charge is 0.456 e. The van der Waals surface area contributed by atoms with Gasteiger partial charge in [-0.1, -0.05) is 62.4 Å². The van der Waals surface area contributed by atoms with Crippen molar-refractivity contribution in [3.05, 3.63) is 125 Å². The summed E-state index contributed by atoms with van der Waals surface area (Å²) in [6.07, 6.45) is 10.1. The first kappa shape index (κ1) is 33.5. The van der Waals surface area contributed by atoms with E-state index in [1.54, 1.807) is 0 Å². The van der Waals surface area contributed by atoms with Crippen LogP contribution in [0.25, 0.3) is 82.3 Å². The Morgan fingerprint density at radius 3 is 1.93 bits per heavy atom. The summed E-state index contributed by atoms with van der Waals surface area (Å²) in [5, 5.41) is 19.5. The van der Waals surface area contributed by atoms with E-state index in [0.717, 1.165) is 119 Å². The normalized spacial score (nSPS) is 25.4. The second-order valence-electron chi connectivity index (χ2n) is 18.7. The number of para-hydroxylation sites is 1. The van der Waals surface area contributed by atoms with Crippen molar-refractivity contribution in [3.8, 4) is 22.3 Å². The topological polar surface area (TPSA) is 54.9 Å². The summed E-state index contributed by atoms with van der Waals surface area (Å²) >= 11 is 0. The van der Waals surface area contributed by atoms with E-state index in [2.05, 4.69) is 109 Å². The van der Waals surface area contributed by atoms with Gasteiger partial charge < -0.3 is 13.9 Å². The Labute approximate surface area is 337 Å². The third kappa shape index (κ3) is 4.27. The first-order valence-electron chi connectivity index (χ1n) is 22.0. The van der Waals surface area contributed by atoms with E-state index in [-0.39, 0.29) is 10.8 Å². The summed E-state index contributed by atoms with van der Waals surface area (Å²) in [5.74, 6) is 1.27. The quantitative estimate of drug-likeness (QED) is 0.194. The molecule has 4 bridgehead atoms. The molecule has 58 heavy (non-hydrogen) atoms. The molecule has 9 aromatic rings. The molecule has 6 aliphatic carbocycles. The zero-order valence-electron chi connectivity index (χ0n) is 33.3. The van der Waals surface area contributed by atoms with Crippen molar-refractivity contribution in [2.45, 2.75) is 96.0 Å². The Hall–Kier alpha value is -5.45. The molecule has 1 N–H and O–H groups in total. The van der Waals surface area contributed by atoms with E-state index in [4.69, 9.17) is 4.42 Å². The van der Waals surface area contributed by atoms with Crippen LogP contribution in [0.15, 0.2) is 108 Å². The smallest absolute Gasteiger partial charge is 0.169 e. The fourth-order valence-electron chi connectivity index (χ4n) is 12.9. The van der Waals surface area contributed by atoms with Crippen LogP contribution >= 0.6 is 0 Å². The number of carbonyl (C=O) groups is 1. The first-order chi connectivity index (χ1) is 28.4. The van der Waals surface area contributed by atoms with Crippen molar-refractivity contribution >= 4 is 65.8 Å². The van der Waals surface area contributed by atoms with Crippen molar-refractivity contribution < 1.29 is 14.3 Å². The molecule has 0 spiro atoms. The predicted octanol–water partition coefficient (Wildman–Crippen LogP) is 14.4. The van der Waals surface area contributed by atoms with E-state index in [9.17, 15) is 9.90 Å². The molecule has 1 unspecified atom stereocenters. The number of carbonyl (C=O) groups excluding carboxylic acids is 1. The number of hydrogen-bond acceptors (Lipinski definition) is 3. The molecular weight excluding hydrogens is 711 g/mol. The minimum Gasteiger partial charge on any atom is -0.456 e. The van der Waals surface area contributed by atoms with E-state index in [0.29, 0.717) is 17.6 Å². The van der Waals surface area contributed by atoms with Gasteiger partial charge in [0.1, 0.15) is 11.2 Å². The van der Waals surface area contributed by atoms with Gasteiger partial charge >= 0.3 is 0 Å². The van der Waals surface area contributed by atoms with Gasteiger partial charge in [0.25, 0.3) is 0 Å². The Morgan fingerprint density at radius 2 is 1.21 bits per heavy atom. The van der Waals surface area contributed by atoms with Crippen molar-refractivity contribution in [3.63, 3.8) is 0 Å². The number of benzene rings is 6. The van der Waals surface area contributed by atoms with E-state index in [1.807, 2.05) is 12.1 Å². The van der Waals surface area contributed by atoms with E-state index in [1.165, 1.54) is 49.3 Å². The van der Waals surface area contributed by atoms with Gasteiger partial charge in [0.05, 0.1) is 22.7 Å². The minimum absolute atomic E-state index is 0.0514. The summed E-state index contributed by atoms with van der Waals surface area (Å²) < 4.78 is 8.71. The molecule has 2 saturated carbocycles. The molecule has 1 atom stereocenters. The monoisotopic (exact) mass is 757 g/mol. The van der Waals surface area contributed by atoms with Crippen LogP contribution in [0, 0.1) is 10.8 Å². The number of fused-ring (bicyclic) bond motifs is 13. The molecule has 4 nitrogen and oxygen atoms in total. The van der Waals surface area contributed by atoms with Crippen molar-refractivity contribution in [1.82, 2.24) is 4.40 Å². The fraction of sp³-hybridized carbons (Fsp3) is 0.315. The molecule has 3 aromatic heterocycles. The second-order valence-corrected chi connectivity index (χ2v) is 18.7. The van der Waals surface area contributed by atoms with Crippen LogP contribution < -0.4 is 0 Å². The Bertz CT molecular complexity index is 3200. The van der Waals surface area contributed by atoms with Gasteiger partial charge in [0.2, 0.25) is 0 Å². The molecular formula is C54H47NO3. The lowest BCUT2D eigenvalue weighted by Crippen LogP contribution is -2.31. The van der Waals surface area contributed by atoms with Crippen LogP contribution in [0.4, 0.5) is 0 Å². The van der Waals surface area contributed by atoms with Gasteiger partial charge in [-0.3, -0.25) is 4.79 Å². The molecule has 0 saturated heterocycles. The van der Waals surface area contributed by atoms with Crippen molar-refractivity contribution in [1.29, 1.82) is 0 Å². The summed E-state index contributed by atoms with van der Waals surface area (Å²) in [6.45, 7) is 4.49. The Kier molecular flexibility index (Phi) is 6.70. The lowest BCUT2D eigenvalue weighted by Gasteiger charge is -2.39. The molecule has 3 heterocycles. The molecule has 0 radical (unpaired) electrons. The van der Waals surface area contributed by atoms with E-state index >= 15 is 0 Å². The lowest BCUT2D eigenvalue weighted by molar-refractivity contribution is -0.00376. The average Bonchev–Trinajstić information content (AvgIpc) is 3.83. The second kappa shape index (κ2) is 11.6. The van der Waals surface area contributed by atoms with Crippen molar-refractivity contribution in [2.24, 2.45) is 10.8 Å². The summed E-state index contributed by atoms with van der Waals surface area (Å²) in [6, 6.07) is 38.2. The molecule has 4 heteroatoms. The number of hydrogen-bond donors (Lipinski definition) is 1. The number of aromatic nitrogens is 1. The molecule has 286 valence electrons. The highest BCUT2D eigenvalue weighted by molar-refractivity contribution is 6.25. The number of aliphatic hydroxyl groups excluding tert-OH is 1. The maximum Gasteiger partial charge on any atom is 0.169 e. The molecule has 0 amide bonds. The van der Waals surface area contributed by atoms with Gasteiger partial charge in [0, 0.05) is 48.7 Å². The zero-order valence-corrected chi connectivity index (χ0v) is 33.3. The lowest BCUT2D eigenvalue weighted by atomic mass is 9.68. The Morgan fingerprint density at radius 1 is 0.586 bits per heavy atom. The van der Waals surface area contributed by atoms with Gasteiger partial charge in [-0.2, -0.15) is 0 Å². The summed E-state index contributed by atoms with van der Waals surface area (Å²) in [4.78, 5) is 14.6. The molecule has 0 aliphatic heterocycles. The number of furan rings is 1. The first-order valence-corrected chi connectivity index (χ1v) is 22.0. The highest BCUT2D eigenvalue weighted by atomic mass is 16.3. The molecule has 2 fully saturated rings. The average molecular weight is 758 g/mol. The predicted molar refractivity (Wildman–Crippen MR) is 236 cm³/mol. The number of nitrogens with zero attached hydrogens (tertiary/aromatic N) is 1. The fourth-order valence-corrected chi connectivity index (χ4v) is 12.9. The van der Waals surface area contributed by atoms with Gasteiger partial charge in [-0.05, 0) is 170 Å². The number of ketones is 1. The van der Waals surface area contributed by atoms with Gasteiger partial charge in [0.15, 0.2) is 5.78 Å². The molecule has 6 aliphatic rings. The minimum atomic E-state index is -0.467. The maximum absolute atomic E-state index is 14.6. The van der Waals surface area contributed by atoms with Gasteiger partial charge in [-0.15, -0.1) is 0 Å². The van der Waals surface area contributed by atoms with Crippen LogP contribution in [0.1, 0.15) is 123 Å². The highest BCUT2D eigenvalue weighted by Crippen LogP contribution is 2.59. The molecule has 15 rings (SSSR count). The van der Waals surface area contributed by atoms with Gasteiger partial charge in [-0.25, -0.2) is 0 Å². The number of Topliss-reactive ketones (excluding diaryl/α,β-unsaturated/α-hetero) is 1. The van der Waals surface area contributed by atoms with Crippen LogP contribution in [0.2, 0.25) is 0 Å². The van der Waals surface area contributed by atoms with E-state index < -0.39 is 6.10 Å². The highest BCUT2D eigenvalue weighted by Gasteiger charge is 2.47. The summed E-state index contributed by atoms with van der Waals surface area (Å²) in [5.41, 5.74) is 14.4. The summed E-state index contributed by atoms with van der Waals surface area (Å²) in [7, 11) is 0. The SMILES string of the molecule is CCC12CCC(CC1)c1cc3c4cc(-c5ccc(-c6ccc7c(c6)oc6ccccc67)cc5)cc5c6cc7c(cc6n(c3cc1C2=O)c45)C(O)C1(CC)CCC7CC1. The zero-order chi connectivity index (χ0) is 38.7. The third-order valence-corrected chi connectivity index (χ3v) is 16.5. The third-order valence-electron chi connectivity index (χ3n) is 16.5.